The second-order valence-corrected chi connectivity index (χ2v) is 6.39. The molecule has 114 valence electrons. The van der Waals surface area contributed by atoms with Crippen LogP contribution in [0.3, 0.4) is 0 Å². The van der Waals surface area contributed by atoms with Crippen LogP contribution in [0, 0.1) is 13.8 Å². The molecule has 0 saturated heterocycles. The molecule has 1 rings (SSSR count). The summed E-state index contributed by atoms with van der Waals surface area (Å²) in [6.07, 6.45) is -0.335. The van der Waals surface area contributed by atoms with E-state index < -0.39 is 10.0 Å². The lowest BCUT2D eigenvalue weighted by Gasteiger charge is -2.16. The smallest absolute Gasteiger partial charge is 0.240 e. The Labute approximate surface area is 120 Å². The van der Waals surface area contributed by atoms with Crippen LogP contribution in [0.4, 0.5) is 5.69 Å². The third-order valence-electron chi connectivity index (χ3n) is 3.18. The predicted molar refractivity (Wildman–Crippen MR) is 78.2 cm³/mol. The molecule has 0 heterocycles. The molecule has 0 aliphatic carbocycles. The van der Waals surface area contributed by atoms with Crippen LogP contribution in [0.25, 0.3) is 0 Å². The van der Waals surface area contributed by atoms with Gasteiger partial charge in [0.2, 0.25) is 10.0 Å². The average Bonchev–Trinajstić information content (AvgIpc) is 2.40. The Bertz CT molecular complexity index is 534. The summed E-state index contributed by atoms with van der Waals surface area (Å²) < 4.78 is 37.0. The van der Waals surface area contributed by atoms with Crippen LogP contribution in [-0.2, 0) is 19.5 Å². The van der Waals surface area contributed by atoms with Gasteiger partial charge in [0.15, 0.2) is 0 Å². The third kappa shape index (κ3) is 4.17. The van der Waals surface area contributed by atoms with E-state index >= 15 is 0 Å². The van der Waals surface area contributed by atoms with E-state index in [4.69, 9.17) is 15.2 Å². The van der Waals surface area contributed by atoms with Gasteiger partial charge in [-0.3, -0.25) is 0 Å². The molecule has 6 nitrogen and oxygen atoms in total. The van der Waals surface area contributed by atoms with Crippen molar-refractivity contribution in [1.29, 1.82) is 0 Å². The molecule has 7 heteroatoms. The Morgan fingerprint density at radius 1 is 1.30 bits per heavy atom. The monoisotopic (exact) mass is 302 g/mol. The molecule has 0 radical (unpaired) electrons. The molecular formula is C13H22N2O4S. The number of nitrogens with one attached hydrogen (secondary N) is 1. The molecule has 1 atom stereocenters. The summed E-state index contributed by atoms with van der Waals surface area (Å²) in [6, 6.07) is 3.06. The number of methoxy groups -OCH3 is 2. The zero-order valence-electron chi connectivity index (χ0n) is 12.3. The van der Waals surface area contributed by atoms with Gasteiger partial charge in [-0.1, -0.05) is 0 Å². The van der Waals surface area contributed by atoms with Crippen LogP contribution in [0.5, 0.6) is 0 Å². The third-order valence-corrected chi connectivity index (χ3v) is 4.58. The molecule has 1 unspecified atom stereocenters. The van der Waals surface area contributed by atoms with Gasteiger partial charge < -0.3 is 15.2 Å². The molecule has 20 heavy (non-hydrogen) atoms. The Morgan fingerprint density at radius 3 is 2.45 bits per heavy atom. The van der Waals surface area contributed by atoms with Gasteiger partial charge in [0, 0.05) is 26.5 Å². The number of nitrogens with two attached hydrogens (primary N) is 1. The number of rotatable bonds is 7. The summed E-state index contributed by atoms with van der Waals surface area (Å²) >= 11 is 0. The fourth-order valence-electron chi connectivity index (χ4n) is 1.69. The fraction of sp³-hybridized carbons (Fsp3) is 0.538. The first-order valence-electron chi connectivity index (χ1n) is 6.20. The van der Waals surface area contributed by atoms with Crippen LogP contribution < -0.4 is 10.5 Å². The first-order chi connectivity index (χ1) is 9.31. The van der Waals surface area contributed by atoms with Gasteiger partial charge in [0.1, 0.15) is 0 Å². The van der Waals surface area contributed by atoms with E-state index in [1.807, 2.05) is 13.8 Å². The van der Waals surface area contributed by atoms with Gasteiger partial charge in [-0.25, -0.2) is 13.1 Å². The van der Waals surface area contributed by atoms with Crippen molar-refractivity contribution in [2.24, 2.45) is 0 Å². The summed E-state index contributed by atoms with van der Waals surface area (Å²) in [5, 5.41) is 0. The van der Waals surface area contributed by atoms with Crippen molar-refractivity contribution >= 4 is 15.7 Å². The molecule has 1 aromatic rings. The van der Waals surface area contributed by atoms with Crippen LogP contribution >= 0.6 is 0 Å². The highest BCUT2D eigenvalue weighted by Gasteiger charge is 2.18. The normalized spacial score (nSPS) is 13.4. The number of nitrogen functional groups attached to an aromatic ring is 1. The zero-order chi connectivity index (χ0) is 15.3. The molecule has 0 aliphatic heterocycles. The Hall–Kier alpha value is -1.15. The first-order valence-corrected chi connectivity index (χ1v) is 7.68. The molecule has 0 aliphatic rings. The highest BCUT2D eigenvalue weighted by atomic mass is 32.2. The van der Waals surface area contributed by atoms with Crippen molar-refractivity contribution in [1.82, 2.24) is 4.72 Å². The second kappa shape index (κ2) is 7.03. The molecule has 1 aromatic carbocycles. The minimum atomic E-state index is -3.61. The number of ether oxygens (including phenoxy) is 2. The number of sulfonamides is 1. The quantitative estimate of drug-likeness (QED) is 0.728. The van der Waals surface area contributed by atoms with Crippen molar-refractivity contribution in [3.05, 3.63) is 23.3 Å². The lowest BCUT2D eigenvalue weighted by Crippen LogP contribution is -2.35. The number of hydrogen-bond donors (Lipinski definition) is 2. The minimum absolute atomic E-state index is 0.138. The van der Waals surface area contributed by atoms with Crippen molar-refractivity contribution in [3.63, 3.8) is 0 Å². The van der Waals surface area contributed by atoms with Gasteiger partial charge in [0.05, 0.1) is 17.6 Å². The molecule has 0 fully saturated rings. The van der Waals surface area contributed by atoms with E-state index in [9.17, 15) is 8.42 Å². The van der Waals surface area contributed by atoms with Crippen LogP contribution in [0.1, 0.15) is 11.1 Å². The molecule has 0 aromatic heterocycles. The average molecular weight is 302 g/mol. The Kier molecular flexibility index (Phi) is 5.94. The highest BCUT2D eigenvalue weighted by molar-refractivity contribution is 7.89. The molecule has 3 N–H and O–H groups in total. The maximum atomic E-state index is 12.2. The van der Waals surface area contributed by atoms with Gasteiger partial charge in [-0.2, -0.15) is 0 Å². The zero-order valence-corrected chi connectivity index (χ0v) is 13.1. The van der Waals surface area contributed by atoms with Gasteiger partial charge in [0.25, 0.3) is 0 Å². The maximum Gasteiger partial charge on any atom is 0.240 e. The number of anilines is 1. The number of aryl methyl sites for hydroxylation is 1. The minimum Gasteiger partial charge on any atom is -0.398 e. The summed E-state index contributed by atoms with van der Waals surface area (Å²) in [5.41, 5.74) is 8.00. The summed E-state index contributed by atoms with van der Waals surface area (Å²) in [5.74, 6) is 0. The lowest BCUT2D eigenvalue weighted by atomic mass is 10.1. The molecule has 0 amide bonds. The Morgan fingerprint density at radius 2 is 1.95 bits per heavy atom. The van der Waals surface area contributed by atoms with Crippen LogP contribution in [0.2, 0.25) is 0 Å². The summed E-state index contributed by atoms with van der Waals surface area (Å²) in [4.78, 5) is 0.158. The second-order valence-electron chi connectivity index (χ2n) is 4.62. The van der Waals surface area contributed by atoms with E-state index in [1.54, 1.807) is 6.07 Å². The largest absolute Gasteiger partial charge is 0.398 e. The molecule has 0 bridgehead atoms. The van der Waals surface area contributed by atoms with Crippen molar-refractivity contribution in [3.8, 4) is 0 Å². The van der Waals surface area contributed by atoms with E-state index in [1.165, 1.54) is 20.3 Å². The maximum absolute atomic E-state index is 12.2. The lowest BCUT2D eigenvalue weighted by molar-refractivity contribution is 0.0320. The van der Waals surface area contributed by atoms with Gasteiger partial charge >= 0.3 is 0 Å². The van der Waals surface area contributed by atoms with E-state index in [0.29, 0.717) is 12.3 Å². The Balaban J connectivity index is 2.89. The fourth-order valence-corrected chi connectivity index (χ4v) is 2.88. The number of benzene rings is 1. The highest BCUT2D eigenvalue weighted by Crippen LogP contribution is 2.21. The van der Waals surface area contributed by atoms with E-state index in [2.05, 4.69) is 4.72 Å². The van der Waals surface area contributed by atoms with Crippen molar-refractivity contribution in [2.45, 2.75) is 24.8 Å². The van der Waals surface area contributed by atoms with Gasteiger partial charge in [-0.15, -0.1) is 0 Å². The summed E-state index contributed by atoms with van der Waals surface area (Å²) in [6.45, 7) is 4.13. The summed E-state index contributed by atoms with van der Waals surface area (Å²) in [7, 11) is -0.573. The predicted octanol–water partition coefficient (Wildman–Crippen LogP) is 0.825. The van der Waals surface area contributed by atoms with E-state index in [-0.39, 0.29) is 17.5 Å². The van der Waals surface area contributed by atoms with Crippen LogP contribution in [-0.4, -0.2) is 41.9 Å². The van der Waals surface area contributed by atoms with Crippen LogP contribution in [0.15, 0.2) is 17.0 Å². The van der Waals surface area contributed by atoms with E-state index in [0.717, 1.165) is 11.1 Å². The SMILES string of the molecule is COCC(CNS(=O)(=O)c1cc(C)c(C)c(N)c1)OC. The molecule has 0 saturated carbocycles. The standard InChI is InChI=1S/C13H22N2O4S/c1-9-5-12(6-13(14)10(9)2)20(16,17)15-7-11(19-4)8-18-3/h5-6,11,15H,7-8,14H2,1-4H3. The van der Waals surface area contributed by atoms with Crippen molar-refractivity contribution < 1.29 is 17.9 Å². The number of hydrogen-bond acceptors (Lipinski definition) is 5. The van der Waals surface area contributed by atoms with Gasteiger partial charge in [-0.05, 0) is 37.1 Å². The molecule has 0 spiro atoms. The topological polar surface area (TPSA) is 90.7 Å². The molecular weight excluding hydrogens is 280 g/mol. The van der Waals surface area contributed by atoms with Crippen molar-refractivity contribution in [2.75, 3.05) is 33.1 Å². The first kappa shape index (κ1) is 16.9.